The number of nitrogens with one attached hydrogen (secondary N) is 2. The second-order valence-corrected chi connectivity index (χ2v) is 9.53. The molecule has 1 fully saturated rings. The Morgan fingerprint density at radius 3 is 2.42 bits per heavy atom. The monoisotopic (exact) mass is 450 g/mol. The maximum Gasteiger partial charge on any atom is 0.217 e. The summed E-state index contributed by atoms with van der Waals surface area (Å²) in [6, 6.07) is 4.89. The molecule has 1 aromatic heterocycles. The molecule has 170 valence electrons. The molecule has 4 nitrogen and oxygen atoms in total. The van der Waals surface area contributed by atoms with E-state index in [0.717, 1.165) is 38.2 Å². The van der Waals surface area contributed by atoms with E-state index in [-0.39, 0.29) is 24.4 Å². The SMILES string of the molecule is CCc1cc(C2(NC[C@@H](O)[C@H](Cc3cc(F)cc(F)c3)NC(C)=O)CCCCC2)cs1. The molecule has 1 saturated carbocycles. The summed E-state index contributed by atoms with van der Waals surface area (Å²) in [5.74, 6) is -1.64. The van der Waals surface area contributed by atoms with Gasteiger partial charge < -0.3 is 15.7 Å². The van der Waals surface area contributed by atoms with Crippen LogP contribution in [0, 0.1) is 11.6 Å². The van der Waals surface area contributed by atoms with Crippen molar-refractivity contribution in [3.8, 4) is 0 Å². The highest BCUT2D eigenvalue weighted by molar-refractivity contribution is 7.10. The van der Waals surface area contributed by atoms with Crippen molar-refractivity contribution < 1.29 is 18.7 Å². The van der Waals surface area contributed by atoms with E-state index in [1.807, 2.05) is 0 Å². The minimum atomic E-state index is -0.904. The van der Waals surface area contributed by atoms with Crippen LogP contribution in [0.1, 0.15) is 62.0 Å². The van der Waals surface area contributed by atoms with Crippen molar-refractivity contribution in [2.24, 2.45) is 0 Å². The van der Waals surface area contributed by atoms with Crippen LogP contribution in [-0.4, -0.2) is 29.7 Å². The molecule has 0 aliphatic heterocycles. The van der Waals surface area contributed by atoms with E-state index < -0.39 is 23.8 Å². The van der Waals surface area contributed by atoms with Crippen LogP contribution in [0.5, 0.6) is 0 Å². The van der Waals surface area contributed by atoms with E-state index in [1.54, 1.807) is 11.3 Å². The number of aliphatic hydroxyl groups excluding tert-OH is 1. The molecule has 0 saturated heterocycles. The molecular formula is C24H32F2N2O2S. The molecule has 2 aromatic rings. The van der Waals surface area contributed by atoms with Crippen molar-refractivity contribution in [3.63, 3.8) is 0 Å². The number of aliphatic hydroxyl groups is 1. The number of rotatable bonds is 9. The quantitative estimate of drug-likeness (QED) is 0.529. The number of thiophene rings is 1. The van der Waals surface area contributed by atoms with Gasteiger partial charge in [0.25, 0.3) is 0 Å². The van der Waals surface area contributed by atoms with Gasteiger partial charge in [-0.25, -0.2) is 8.78 Å². The van der Waals surface area contributed by atoms with Gasteiger partial charge in [0.1, 0.15) is 11.6 Å². The first-order valence-corrected chi connectivity index (χ1v) is 11.9. The van der Waals surface area contributed by atoms with Gasteiger partial charge in [-0.15, -0.1) is 11.3 Å². The van der Waals surface area contributed by atoms with Crippen LogP contribution < -0.4 is 10.6 Å². The summed E-state index contributed by atoms with van der Waals surface area (Å²) < 4.78 is 27.2. The molecule has 2 atom stereocenters. The van der Waals surface area contributed by atoms with Gasteiger partial charge in [0.05, 0.1) is 12.1 Å². The predicted molar refractivity (Wildman–Crippen MR) is 120 cm³/mol. The normalized spacial score (nSPS) is 17.8. The first-order valence-electron chi connectivity index (χ1n) is 11.0. The number of amides is 1. The zero-order chi connectivity index (χ0) is 22.4. The second kappa shape index (κ2) is 10.7. The van der Waals surface area contributed by atoms with Crippen molar-refractivity contribution in [2.45, 2.75) is 76.5 Å². The third-order valence-electron chi connectivity index (χ3n) is 6.14. The molecule has 7 heteroatoms. The Morgan fingerprint density at radius 2 is 1.84 bits per heavy atom. The summed E-state index contributed by atoms with van der Waals surface area (Å²) in [6.07, 6.45) is 5.69. The summed E-state index contributed by atoms with van der Waals surface area (Å²) >= 11 is 1.76. The minimum Gasteiger partial charge on any atom is -0.390 e. The fourth-order valence-corrected chi connectivity index (χ4v) is 5.44. The average Bonchev–Trinajstić information content (AvgIpc) is 3.21. The Labute approximate surface area is 187 Å². The Hall–Kier alpha value is -1.83. The third kappa shape index (κ3) is 6.34. The van der Waals surface area contributed by atoms with Crippen LogP contribution in [0.15, 0.2) is 29.6 Å². The lowest BCUT2D eigenvalue weighted by Gasteiger charge is -2.39. The van der Waals surface area contributed by atoms with Gasteiger partial charge in [-0.3, -0.25) is 4.79 Å². The molecule has 1 heterocycles. The Bertz CT molecular complexity index is 860. The maximum atomic E-state index is 13.6. The van der Waals surface area contributed by atoms with Crippen LogP contribution in [-0.2, 0) is 23.2 Å². The molecule has 1 aromatic carbocycles. The topological polar surface area (TPSA) is 61.4 Å². The first kappa shape index (κ1) is 23.8. The molecule has 0 spiro atoms. The Kier molecular flexibility index (Phi) is 8.19. The van der Waals surface area contributed by atoms with Crippen LogP contribution in [0.25, 0.3) is 0 Å². The van der Waals surface area contributed by atoms with E-state index in [4.69, 9.17) is 0 Å². The van der Waals surface area contributed by atoms with E-state index in [9.17, 15) is 18.7 Å². The Balaban J connectivity index is 1.74. The smallest absolute Gasteiger partial charge is 0.217 e. The summed E-state index contributed by atoms with van der Waals surface area (Å²) in [5, 5.41) is 19.5. The van der Waals surface area contributed by atoms with Crippen molar-refractivity contribution in [3.05, 3.63) is 57.3 Å². The van der Waals surface area contributed by atoms with Gasteiger partial charge in [0, 0.05) is 30.0 Å². The largest absolute Gasteiger partial charge is 0.390 e. The van der Waals surface area contributed by atoms with E-state index in [1.165, 1.54) is 35.9 Å². The number of carbonyl (C=O) groups excluding carboxylic acids is 1. The molecule has 1 aliphatic carbocycles. The molecule has 0 unspecified atom stereocenters. The van der Waals surface area contributed by atoms with Gasteiger partial charge in [-0.2, -0.15) is 0 Å². The maximum absolute atomic E-state index is 13.6. The van der Waals surface area contributed by atoms with Crippen LogP contribution in [0.2, 0.25) is 0 Å². The lowest BCUT2D eigenvalue weighted by Crippen LogP contribution is -2.53. The van der Waals surface area contributed by atoms with E-state index in [0.29, 0.717) is 5.56 Å². The molecule has 1 aliphatic rings. The van der Waals surface area contributed by atoms with Gasteiger partial charge in [0.2, 0.25) is 5.91 Å². The molecule has 0 radical (unpaired) electrons. The fourth-order valence-electron chi connectivity index (χ4n) is 4.51. The molecule has 3 rings (SSSR count). The van der Waals surface area contributed by atoms with Gasteiger partial charge in [-0.1, -0.05) is 26.2 Å². The van der Waals surface area contributed by atoms with E-state index in [2.05, 4.69) is 29.0 Å². The lowest BCUT2D eigenvalue weighted by molar-refractivity contribution is -0.120. The molecular weight excluding hydrogens is 418 g/mol. The van der Waals surface area contributed by atoms with Crippen molar-refractivity contribution in [2.75, 3.05) is 6.54 Å². The first-order chi connectivity index (χ1) is 14.8. The van der Waals surface area contributed by atoms with Crippen molar-refractivity contribution in [1.29, 1.82) is 0 Å². The number of hydrogen-bond donors (Lipinski definition) is 3. The molecule has 0 bridgehead atoms. The van der Waals surface area contributed by atoms with Crippen molar-refractivity contribution in [1.82, 2.24) is 10.6 Å². The van der Waals surface area contributed by atoms with Crippen LogP contribution >= 0.6 is 11.3 Å². The summed E-state index contributed by atoms with van der Waals surface area (Å²) in [4.78, 5) is 13.1. The average molecular weight is 451 g/mol. The molecule has 1 amide bonds. The van der Waals surface area contributed by atoms with E-state index >= 15 is 0 Å². The third-order valence-corrected chi connectivity index (χ3v) is 7.22. The highest BCUT2D eigenvalue weighted by atomic mass is 32.1. The number of aryl methyl sites for hydroxylation is 1. The second-order valence-electron chi connectivity index (χ2n) is 8.54. The van der Waals surface area contributed by atoms with Gasteiger partial charge in [0.15, 0.2) is 0 Å². The zero-order valence-electron chi connectivity index (χ0n) is 18.2. The Morgan fingerprint density at radius 1 is 1.16 bits per heavy atom. The lowest BCUT2D eigenvalue weighted by atomic mass is 9.77. The summed E-state index contributed by atoms with van der Waals surface area (Å²) in [6.45, 7) is 3.80. The highest BCUT2D eigenvalue weighted by Crippen LogP contribution is 2.39. The summed E-state index contributed by atoms with van der Waals surface area (Å²) in [5.41, 5.74) is 1.48. The zero-order valence-corrected chi connectivity index (χ0v) is 19.0. The predicted octanol–water partition coefficient (Wildman–Crippen LogP) is 4.45. The highest BCUT2D eigenvalue weighted by Gasteiger charge is 2.35. The number of benzene rings is 1. The van der Waals surface area contributed by atoms with Crippen LogP contribution in [0.3, 0.4) is 0 Å². The standard InChI is InChI=1S/C24H32F2N2O2S/c1-3-21-12-18(15-31-21)24(7-5-4-6-8-24)27-14-23(30)22(28-16(2)29)11-17-9-19(25)13-20(26)10-17/h9-10,12-13,15,22-23,27,30H,3-8,11,14H2,1-2H3,(H,28,29)/t22-,23+/m0/s1. The number of halogens is 2. The van der Waals surface area contributed by atoms with Gasteiger partial charge >= 0.3 is 0 Å². The molecule has 3 N–H and O–H groups in total. The number of carbonyl (C=O) groups is 1. The van der Waals surface area contributed by atoms with Crippen molar-refractivity contribution >= 4 is 17.2 Å². The minimum absolute atomic E-state index is 0.141. The summed E-state index contributed by atoms with van der Waals surface area (Å²) in [7, 11) is 0. The molecule has 31 heavy (non-hydrogen) atoms. The number of hydrogen-bond acceptors (Lipinski definition) is 4. The van der Waals surface area contributed by atoms with Crippen LogP contribution in [0.4, 0.5) is 8.78 Å². The fraction of sp³-hybridized carbons (Fsp3) is 0.542. The van der Waals surface area contributed by atoms with Gasteiger partial charge in [-0.05, 0) is 60.4 Å².